The largest absolute Gasteiger partial charge is 0.494 e. The summed E-state index contributed by atoms with van der Waals surface area (Å²) < 4.78 is 5.39. The monoisotopic (exact) mass is 327 g/mol. The number of nitrogens with one attached hydrogen (secondary N) is 1. The van der Waals surface area contributed by atoms with Crippen LogP contribution in [0.3, 0.4) is 0 Å². The van der Waals surface area contributed by atoms with Crippen LogP contribution < -0.4 is 15.8 Å². The average Bonchev–Trinajstić information content (AvgIpc) is 2.60. The number of nitrogens with zero attached hydrogens (tertiary/aromatic N) is 1. The van der Waals surface area contributed by atoms with E-state index in [0.29, 0.717) is 18.6 Å². The van der Waals surface area contributed by atoms with Crippen molar-refractivity contribution in [2.24, 2.45) is 11.7 Å². The molecule has 1 heterocycles. The highest BCUT2D eigenvalue weighted by atomic mass is 16.5. The SMILES string of the molecule is CCOc1ccc(C[C@@H](CNC(=O)c2ccncc2)C(N)=O)cc1. The predicted molar refractivity (Wildman–Crippen MR) is 90.6 cm³/mol. The molecule has 0 unspecified atom stereocenters. The molecule has 0 aliphatic carbocycles. The Balaban J connectivity index is 1.94. The Morgan fingerprint density at radius 1 is 1.17 bits per heavy atom. The maximum Gasteiger partial charge on any atom is 0.251 e. The molecule has 1 aromatic carbocycles. The van der Waals surface area contributed by atoms with E-state index in [1.807, 2.05) is 31.2 Å². The molecule has 2 amide bonds. The van der Waals surface area contributed by atoms with Crippen LogP contribution in [0.1, 0.15) is 22.8 Å². The molecule has 0 fully saturated rings. The van der Waals surface area contributed by atoms with E-state index >= 15 is 0 Å². The first-order chi connectivity index (χ1) is 11.6. The summed E-state index contributed by atoms with van der Waals surface area (Å²) in [4.78, 5) is 27.6. The molecule has 6 heteroatoms. The quantitative estimate of drug-likeness (QED) is 0.769. The van der Waals surface area contributed by atoms with E-state index in [4.69, 9.17) is 10.5 Å². The van der Waals surface area contributed by atoms with Crippen molar-refractivity contribution in [1.82, 2.24) is 10.3 Å². The molecular weight excluding hydrogens is 306 g/mol. The number of pyridine rings is 1. The number of carbonyl (C=O) groups excluding carboxylic acids is 2. The van der Waals surface area contributed by atoms with Crippen molar-refractivity contribution in [2.45, 2.75) is 13.3 Å². The van der Waals surface area contributed by atoms with E-state index in [9.17, 15) is 9.59 Å². The number of primary amides is 1. The zero-order chi connectivity index (χ0) is 17.4. The molecule has 6 nitrogen and oxygen atoms in total. The Kier molecular flexibility index (Phi) is 6.31. The van der Waals surface area contributed by atoms with Crippen molar-refractivity contribution >= 4 is 11.8 Å². The van der Waals surface area contributed by atoms with Crippen molar-refractivity contribution in [2.75, 3.05) is 13.2 Å². The number of hydrogen-bond donors (Lipinski definition) is 2. The van der Waals surface area contributed by atoms with E-state index in [2.05, 4.69) is 10.3 Å². The summed E-state index contributed by atoms with van der Waals surface area (Å²) in [7, 11) is 0. The van der Waals surface area contributed by atoms with Crippen LogP contribution in [0.25, 0.3) is 0 Å². The number of carbonyl (C=O) groups is 2. The van der Waals surface area contributed by atoms with Crippen LogP contribution in [0, 0.1) is 5.92 Å². The van der Waals surface area contributed by atoms with Gasteiger partial charge in [0.15, 0.2) is 0 Å². The summed E-state index contributed by atoms with van der Waals surface area (Å²) in [6.45, 7) is 2.70. The number of ether oxygens (including phenoxy) is 1. The maximum absolute atomic E-state index is 12.0. The molecule has 0 radical (unpaired) electrons. The lowest BCUT2D eigenvalue weighted by Crippen LogP contribution is -2.37. The second kappa shape index (κ2) is 8.67. The Labute approximate surface area is 141 Å². The topological polar surface area (TPSA) is 94.3 Å². The fourth-order valence-corrected chi connectivity index (χ4v) is 2.27. The Morgan fingerprint density at radius 3 is 2.42 bits per heavy atom. The van der Waals surface area contributed by atoms with Gasteiger partial charge < -0.3 is 15.8 Å². The molecule has 0 saturated carbocycles. The lowest BCUT2D eigenvalue weighted by Gasteiger charge is -2.15. The average molecular weight is 327 g/mol. The minimum absolute atomic E-state index is 0.184. The molecule has 2 aromatic rings. The molecule has 0 aliphatic heterocycles. The van der Waals surface area contributed by atoms with Crippen LogP contribution in [0.15, 0.2) is 48.8 Å². The first kappa shape index (κ1) is 17.5. The number of hydrogen-bond acceptors (Lipinski definition) is 4. The number of benzene rings is 1. The first-order valence-electron chi connectivity index (χ1n) is 7.79. The van der Waals surface area contributed by atoms with Gasteiger partial charge in [-0.15, -0.1) is 0 Å². The highest BCUT2D eigenvalue weighted by Crippen LogP contribution is 2.15. The lowest BCUT2D eigenvalue weighted by atomic mass is 9.98. The van der Waals surface area contributed by atoms with E-state index in [0.717, 1.165) is 11.3 Å². The summed E-state index contributed by atoms with van der Waals surface area (Å²) in [5.74, 6) is -0.397. The smallest absolute Gasteiger partial charge is 0.251 e. The lowest BCUT2D eigenvalue weighted by molar-refractivity contribution is -0.121. The minimum Gasteiger partial charge on any atom is -0.494 e. The molecule has 1 aromatic heterocycles. The van der Waals surface area contributed by atoms with Gasteiger partial charge in [0, 0.05) is 24.5 Å². The van der Waals surface area contributed by atoms with Crippen molar-refractivity contribution in [3.8, 4) is 5.75 Å². The van der Waals surface area contributed by atoms with Crippen molar-refractivity contribution in [3.05, 3.63) is 59.9 Å². The van der Waals surface area contributed by atoms with Gasteiger partial charge in [0.2, 0.25) is 5.91 Å². The van der Waals surface area contributed by atoms with Crippen LogP contribution in [0.5, 0.6) is 5.75 Å². The first-order valence-corrected chi connectivity index (χ1v) is 7.79. The normalized spacial score (nSPS) is 11.5. The number of amides is 2. The summed E-state index contributed by atoms with van der Waals surface area (Å²) in [6.07, 6.45) is 3.54. The zero-order valence-corrected chi connectivity index (χ0v) is 13.6. The van der Waals surface area contributed by atoms with Gasteiger partial charge in [0.25, 0.3) is 5.91 Å². The second-order valence-electron chi connectivity index (χ2n) is 5.33. The minimum atomic E-state index is -0.478. The maximum atomic E-state index is 12.0. The van der Waals surface area contributed by atoms with Crippen LogP contribution in [-0.4, -0.2) is 29.9 Å². The fourth-order valence-electron chi connectivity index (χ4n) is 2.27. The second-order valence-corrected chi connectivity index (χ2v) is 5.33. The highest BCUT2D eigenvalue weighted by molar-refractivity contribution is 5.94. The molecular formula is C18H21N3O3. The van der Waals surface area contributed by atoms with Crippen LogP contribution in [0.4, 0.5) is 0 Å². The Bertz CT molecular complexity index is 672. The third-order valence-corrected chi connectivity index (χ3v) is 3.57. The van der Waals surface area contributed by atoms with Crippen LogP contribution in [0.2, 0.25) is 0 Å². The number of aromatic nitrogens is 1. The van der Waals surface area contributed by atoms with Gasteiger partial charge in [-0.1, -0.05) is 12.1 Å². The van der Waals surface area contributed by atoms with Gasteiger partial charge in [-0.25, -0.2) is 0 Å². The summed E-state index contributed by atoms with van der Waals surface area (Å²) in [6, 6.07) is 10.7. The molecule has 24 heavy (non-hydrogen) atoms. The number of nitrogens with two attached hydrogens (primary N) is 1. The molecule has 3 N–H and O–H groups in total. The summed E-state index contributed by atoms with van der Waals surface area (Å²) >= 11 is 0. The molecule has 2 rings (SSSR count). The predicted octanol–water partition coefficient (Wildman–Crippen LogP) is 1.55. The highest BCUT2D eigenvalue weighted by Gasteiger charge is 2.17. The van der Waals surface area contributed by atoms with E-state index in [-0.39, 0.29) is 12.5 Å². The van der Waals surface area contributed by atoms with Gasteiger partial charge in [-0.05, 0) is 43.2 Å². The molecule has 0 bridgehead atoms. The van der Waals surface area contributed by atoms with Gasteiger partial charge in [-0.3, -0.25) is 14.6 Å². The molecule has 0 saturated heterocycles. The zero-order valence-electron chi connectivity index (χ0n) is 13.6. The Morgan fingerprint density at radius 2 is 1.83 bits per heavy atom. The number of rotatable bonds is 8. The van der Waals surface area contributed by atoms with E-state index in [1.54, 1.807) is 24.5 Å². The van der Waals surface area contributed by atoms with Gasteiger partial charge >= 0.3 is 0 Å². The summed E-state index contributed by atoms with van der Waals surface area (Å²) in [5, 5.41) is 2.74. The van der Waals surface area contributed by atoms with Crippen LogP contribution >= 0.6 is 0 Å². The molecule has 0 spiro atoms. The van der Waals surface area contributed by atoms with Crippen molar-refractivity contribution in [1.29, 1.82) is 0 Å². The van der Waals surface area contributed by atoms with Crippen LogP contribution in [-0.2, 0) is 11.2 Å². The van der Waals surface area contributed by atoms with Gasteiger partial charge in [0.1, 0.15) is 5.75 Å². The molecule has 0 aliphatic rings. The summed E-state index contributed by atoms with van der Waals surface area (Å²) in [5.41, 5.74) is 6.92. The van der Waals surface area contributed by atoms with E-state index < -0.39 is 11.8 Å². The third-order valence-electron chi connectivity index (χ3n) is 3.57. The van der Waals surface area contributed by atoms with Gasteiger partial charge in [0.05, 0.1) is 12.5 Å². The Hall–Kier alpha value is -2.89. The molecule has 126 valence electrons. The van der Waals surface area contributed by atoms with Crippen molar-refractivity contribution in [3.63, 3.8) is 0 Å². The van der Waals surface area contributed by atoms with Gasteiger partial charge in [-0.2, -0.15) is 0 Å². The fraction of sp³-hybridized carbons (Fsp3) is 0.278. The van der Waals surface area contributed by atoms with E-state index in [1.165, 1.54) is 0 Å². The standard InChI is InChI=1S/C18H21N3O3/c1-2-24-16-5-3-13(4-6-16)11-15(17(19)22)12-21-18(23)14-7-9-20-10-8-14/h3-10,15H,2,11-12H2,1H3,(H2,19,22)(H,21,23)/t15-/m0/s1. The molecule has 1 atom stereocenters. The van der Waals surface area contributed by atoms with Crippen molar-refractivity contribution < 1.29 is 14.3 Å². The third kappa shape index (κ3) is 5.08.